The van der Waals surface area contributed by atoms with Gasteiger partial charge in [-0.25, -0.2) is 9.36 Å². The molecule has 11 heavy (non-hydrogen) atoms. The van der Waals surface area contributed by atoms with Crippen LogP contribution >= 0.6 is 7.82 Å². The standard InChI is InChI=1S/CH2O3.Co.Na.H3O4P.H/c2-1(3)4;;;1-5(2,3)4;/h(H2,2,3,4);;;(H3,1,2,3,4);/q;;+1;;-1. The first kappa shape index (κ1) is 22.6. The fourth-order valence-corrected chi connectivity index (χ4v) is 0. The van der Waals surface area contributed by atoms with Gasteiger partial charge in [0.2, 0.25) is 0 Å². The molecule has 0 aliphatic rings. The molecule has 0 heterocycles. The van der Waals surface area contributed by atoms with E-state index in [-0.39, 0.29) is 47.8 Å². The largest absolute Gasteiger partial charge is 1.00 e. The van der Waals surface area contributed by atoms with Crippen LogP contribution in [0.25, 0.3) is 0 Å². The minimum Gasteiger partial charge on any atom is -1.00 e. The summed E-state index contributed by atoms with van der Waals surface area (Å²) in [5.74, 6) is 0. The van der Waals surface area contributed by atoms with Gasteiger partial charge in [0.1, 0.15) is 0 Å². The van der Waals surface area contributed by atoms with Crippen molar-refractivity contribution in [3.63, 3.8) is 0 Å². The summed E-state index contributed by atoms with van der Waals surface area (Å²) in [6.45, 7) is 0. The molecule has 67 valence electrons. The van der Waals surface area contributed by atoms with Crippen LogP contribution in [0.1, 0.15) is 1.43 Å². The van der Waals surface area contributed by atoms with Crippen molar-refractivity contribution < 1.29 is 82.0 Å². The Kier molecular flexibility index (Phi) is 22.4. The molecule has 0 aliphatic carbocycles. The quantitative estimate of drug-likeness (QED) is 0.219. The number of phosphoric acid groups is 1. The number of carbonyl (C=O) groups is 1. The molecule has 0 aromatic rings. The molecule has 0 amide bonds. The van der Waals surface area contributed by atoms with E-state index in [1.165, 1.54) is 0 Å². The van der Waals surface area contributed by atoms with Gasteiger partial charge in [0.05, 0.1) is 0 Å². The Hall–Kier alpha value is 0.886. The SMILES string of the molecule is O=C(O)O.O=P(O)(O)O.[Co].[H-].[Na+]. The van der Waals surface area contributed by atoms with E-state index in [0.29, 0.717) is 0 Å². The average molecular weight is 243 g/mol. The van der Waals surface area contributed by atoms with Crippen molar-refractivity contribution in [1.82, 2.24) is 0 Å². The topological polar surface area (TPSA) is 135 Å². The fourth-order valence-electron chi connectivity index (χ4n) is 0. The molecular formula is CH6CoNaO7P. The zero-order valence-corrected chi connectivity index (χ0v) is 9.27. The Balaban J connectivity index is -0.0000000221. The zero-order valence-electron chi connectivity index (χ0n) is 6.33. The summed E-state index contributed by atoms with van der Waals surface area (Å²) in [6, 6.07) is 0. The summed E-state index contributed by atoms with van der Waals surface area (Å²) in [7, 11) is -4.64. The van der Waals surface area contributed by atoms with Crippen LogP contribution in [0, 0.1) is 0 Å². The second-order valence-corrected chi connectivity index (χ2v) is 1.82. The molecule has 0 unspecified atom stereocenters. The molecule has 1 radical (unpaired) electrons. The molecule has 7 nitrogen and oxygen atoms in total. The number of rotatable bonds is 0. The summed E-state index contributed by atoms with van der Waals surface area (Å²) < 4.78 is 8.88. The molecule has 5 N–H and O–H groups in total. The average Bonchev–Trinajstić information content (AvgIpc) is 1.19. The van der Waals surface area contributed by atoms with Crippen LogP contribution in [0.5, 0.6) is 0 Å². The van der Waals surface area contributed by atoms with Gasteiger partial charge >= 0.3 is 43.5 Å². The van der Waals surface area contributed by atoms with E-state index in [2.05, 4.69) is 0 Å². The van der Waals surface area contributed by atoms with Gasteiger partial charge in [-0.05, 0) is 0 Å². The minimum absolute atomic E-state index is 0. The van der Waals surface area contributed by atoms with Gasteiger partial charge in [-0.3, -0.25) is 0 Å². The minimum atomic E-state index is -4.64. The van der Waals surface area contributed by atoms with Crippen LogP contribution in [0.2, 0.25) is 0 Å². The maximum Gasteiger partial charge on any atom is 1.00 e. The normalized spacial score (nSPS) is 7.55. The number of carboxylic acid groups (broad SMARTS) is 2. The molecule has 0 aromatic carbocycles. The van der Waals surface area contributed by atoms with E-state index in [9.17, 15) is 0 Å². The third kappa shape index (κ3) is 1090. The Morgan fingerprint density at radius 3 is 1.18 bits per heavy atom. The maximum absolute atomic E-state index is 8.88. The predicted molar refractivity (Wildman–Crippen MR) is 26.0 cm³/mol. The van der Waals surface area contributed by atoms with Gasteiger partial charge in [0.15, 0.2) is 0 Å². The van der Waals surface area contributed by atoms with Gasteiger partial charge in [-0.2, -0.15) is 0 Å². The summed E-state index contributed by atoms with van der Waals surface area (Å²) in [4.78, 5) is 30.1. The molecule has 0 rings (SSSR count). The molecule has 0 saturated carbocycles. The molecule has 0 saturated heterocycles. The van der Waals surface area contributed by atoms with Crippen LogP contribution in [-0.2, 0) is 21.3 Å². The van der Waals surface area contributed by atoms with Crippen molar-refractivity contribution in [2.75, 3.05) is 0 Å². The number of hydrogen-bond donors (Lipinski definition) is 5. The van der Waals surface area contributed by atoms with Crippen LogP contribution in [-0.4, -0.2) is 31.0 Å². The molecule has 0 spiro atoms. The second-order valence-electron chi connectivity index (χ2n) is 0.796. The molecule has 0 aromatic heterocycles. The van der Waals surface area contributed by atoms with E-state index in [0.717, 1.165) is 0 Å². The summed E-state index contributed by atoms with van der Waals surface area (Å²) in [5, 5.41) is 13.9. The Morgan fingerprint density at radius 1 is 1.18 bits per heavy atom. The van der Waals surface area contributed by atoms with Crippen LogP contribution in [0.4, 0.5) is 4.79 Å². The predicted octanol–water partition coefficient (Wildman–Crippen LogP) is -3.59. The van der Waals surface area contributed by atoms with Crippen LogP contribution in [0.3, 0.4) is 0 Å². The molecule has 0 fully saturated rings. The van der Waals surface area contributed by atoms with E-state index in [4.69, 9.17) is 34.3 Å². The zero-order chi connectivity index (χ0) is 8.08. The third-order valence-electron chi connectivity index (χ3n) is 0. The molecular weight excluding hydrogens is 237 g/mol. The fraction of sp³-hybridized carbons (Fsp3) is 0. The van der Waals surface area contributed by atoms with Gasteiger partial charge in [-0.15, -0.1) is 0 Å². The Bertz CT molecular complexity index is 123. The van der Waals surface area contributed by atoms with Crippen molar-refractivity contribution in [2.45, 2.75) is 0 Å². The first-order chi connectivity index (χ1) is 3.73. The van der Waals surface area contributed by atoms with Crippen LogP contribution < -0.4 is 29.6 Å². The van der Waals surface area contributed by atoms with E-state index < -0.39 is 14.0 Å². The van der Waals surface area contributed by atoms with E-state index >= 15 is 0 Å². The Morgan fingerprint density at radius 2 is 1.18 bits per heavy atom. The molecule has 0 atom stereocenters. The van der Waals surface area contributed by atoms with Crippen molar-refractivity contribution in [1.29, 1.82) is 0 Å². The molecule has 10 heteroatoms. The van der Waals surface area contributed by atoms with Crippen LogP contribution in [0.15, 0.2) is 0 Å². The Labute approximate surface area is 95.6 Å². The van der Waals surface area contributed by atoms with Gasteiger partial charge in [0.25, 0.3) is 0 Å². The van der Waals surface area contributed by atoms with E-state index in [1.54, 1.807) is 0 Å². The monoisotopic (exact) mass is 243 g/mol. The van der Waals surface area contributed by atoms with Gasteiger partial charge in [0, 0.05) is 16.8 Å². The number of hydrogen-bond acceptors (Lipinski definition) is 2. The first-order valence-corrected chi connectivity index (χ1v) is 3.00. The smallest absolute Gasteiger partial charge is 1.00 e. The van der Waals surface area contributed by atoms with Gasteiger partial charge in [-0.1, -0.05) is 0 Å². The van der Waals surface area contributed by atoms with Crippen molar-refractivity contribution in [3.8, 4) is 0 Å². The summed E-state index contributed by atoms with van der Waals surface area (Å²) >= 11 is 0. The van der Waals surface area contributed by atoms with Crippen molar-refractivity contribution >= 4 is 14.0 Å². The molecule has 0 bridgehead atoms. The second kappa shape index (κ2) is 10.9. The summed E-state index contributed by atoms with van der Waals surface area (Å²) in [6.07, 6.45) is -1.83. The molecule has 0 aliphatic heterocycles. The van der Waals surface area contributed by atoms with Crippen molar-refractivity contribution in [2.24, 2.45) is 0 Å². The maximum atomic E-state index is 8.88. The van der Waals surface area contributed by atoms with E-state index in [1.807, 2.05) is 0 Å². The van der Waals surface area contributed by atoms with Gasteiger partial charge < -0.3 is 26.3 Å². The third-order valence-corrected chi connectivity index (χ3v) is 0. The first-order valence-electron chi connectivity index (χ1n) is 1.43. The summed E-state index contributed by atoms with van der Waals surface area (Å²) in [5.41, 5.74) is 0. The van der Waals surface area contributed by atoms with Crippen molar-refractivity contribution in [3.05, 3.63) is 0 Å².